The van der Waals surface area contributed by atoms with Crippen molar-refractivity contribution in [1.29, 1.82) is 0 Å². The molecule has 0 radical (unpaired) electrons. The Kier molecular flexibility index (Phi) is 18.1. The summed E-state index contributed by atoms with van der Waals surface area (Å²) in [5, 5.41) is 14.1. The van der Waals surface area contributed by atoms with E-state index in [1.807, 2.05) is 77.1 Å². The summed E-state index contributed by atoms with van der Waals surface area (Å²) >= 11 is 0. The number of benzene rings is 3. The van der Waals surface area contributed by atoms with Crippen molar-refractivity contribution in [2.45, 2.75) is 185 Å². The number of oxime groups is 1. The standard InChI is InChI=1S/C23H26F3N3O2.C20H22F3N3O2.C20H21F3N2O2/c1-14(2)28-31-21-10-15(3)4-8-20(21)30-19-11-17-6-7-18(12-19)29(17)22-9-5-16(13-27-22)23(24,25)26;1-12-2-6-17(18(8-12)28-24)27-16-9-14-4-5-15(10-16)26(14)19-7-3-13(11-25-19)20(21,22)23;1-12-2-6-18(17(26)8-12)27-16-9-14-4-5-15(10-16)25(14)19-7-3-13(11-24-19)20(21,22)23/h4-5,8-10,13,17-19H,6-7,11-12H2,1-3H3;2-3,6-8,11,14-16H,4-5,9-10,24H2,1H3;2-3,6-8,11,14-16,26H,4-5,9-10H2,1H3/t17-,18+,19?;2*14-,15+,16?. The molecule has 14 nitrogen and oxygen atoms in total. The summed E-state index contributed by atoms with van der Waals surface area (Å²) in [4.78, 5) is 29.2. The second kappa shape index (κ2) is 25.3. The molecular formula is C63H69F9N8O6. The predicted molar refractivity (Wildman–Crippen MR) is 306 cm³/mol. The predicted octanol–water partition coefficient (Wildman–Crippen LogP) is 14.7. The first kappa shape index (κ1) is 61.4. The van der Waals surface area contributed by atoms with Crippen LogP contribution in [-0.4, -0.2) is 80.3 Å². The van der Waals surface area contributed by atoms with Crippen molar-refractivity contribution >= 4 is 23.2 Å². The first-order valence-corrected chi connectivity index (χ1v) is 28.9. The van der Waals surface area contributed by atoms with Gasteiger partial charge in [-0.05, 0) is 163 Å². The van der Waals surface area contributed by atoms with Gasteiger partial charge in [0.05, 0.1) is 22.4 Å². The Hall–Kier alpha value is -7.69. The molecule has 12 rings (SSSR count). The van der Waals surface area contributed by atoms with Crippen LogP contribution in [0.3, 0.4) is 0 Å². The number of piperidine rings is 3. The number of phenols is 1. The fourth-order valence-electron chi connectivity index (χ4n) is 12.9. The van der Waals surface area contributed by atoms with Crippen LogP contribution >= 0.6 is 0 Å². The number of anilines is 3. The van der Waals surface area contributed by atoms with Crippen molar-refractivity contribution in [2.75, 3.05) is 14.7 Å². The first-order valence-electron chi connectivity index (χ1n) is 28.9. The summed E-state index contributed by atoms with van der Waals surface area (Å²) < 4.78 is 134. The molecule has 9 heterocycles. The molecule has 9 atom stereocenters. The Balaban J connectivity index is 0.000000143. The molecule has 3 unspecified atom stereocenters. The molecule has 6 fully saturated rings. The van der Waals surface area contributed by atoms with E-state index in [1.165, 1.54) is 18.2 Å². The number of fused-ring (bicyclic) bond motifs is 6. The minimum atomic E-state index is -4.38. The number of nitrogens with zero attached hydrogens (tertiary/aromatic N) is 7. The fourth-order valence-corrected chi connectivity index (χ4v) is 12.9. The number of aromatic hydroxyl groups is 1. The Bertz CT molecular complexity index is 3270. The number of aryl methyl sites for hydroxylation is 3. The molecule has 0 aliphatic carbocycles. The number of halogens is 9. The van der Waals surface area contributed by atoms with Crippen LogP contribution in [0.15, 0.2) is 115 Å². The zero-order valence-corrected chi connectivity index (χ0v) is 48.2. The van der Waals surface area contributed by atoms with Crippen LogP contribution < -0.4 is 44.5 Å². The van der Waals surface area contributed by atoms with Gasteiger partial charge < -0.3 is 43.7 Å². The lowest BCUT2D eigenvalue weighted by molar-refractivity contribution is -0.138. The molecule has 0 saturated carbocycles. The summed E-state index contributed by atoms with van der Waals surface area (Å²) in [5.74, 6) is 10.1. The van der Waals surface area contributed by atoms with Gasteiger partial charge in [-0.3, -0.25) is 0 Å². The zero-order valence-electron chi connectivity index (χ0n) is 48.2. The van der Waals surface area contributed by atoms with Crippen molar-refractivity contribution in [3.8, 4) is 34.5 Å². The van der Waals surface area contributed by atoms with E-state index in [4.69, 9.17) is 29.8 Å². The van der Waals surface area contributed by atoms with Crippen LogP contribution in [0, 0.1) is 20.8 Å². The number of alkyl halides is 9. The number of rotatable bonds is 12. The van der Waals surface area contributed by atoms with Crippen LogP contribution in [0.2, 0.25) is 0 Å². The number of phenolic OH excluding ortho intramolecular Hbond substituents is 1. The molecule has 0 amide bonds. The Morgan fingerprint density at radius 2 is 0.767 bits per heavy atom. The third-order valence-corrected chi connectivity index (χ3v) is 16.7. The average Bonchev–Trinajstić information content (AvgIpc) is 2.91. The zero-order chi connectivity index (χ0) is 61.2. The van der Waals surface area contributed by atoms with Gasteiger partial charge in [-0.2, -0.15) is 45.4 Å². The monoisotopic (exact) mass is 1200 g/mol. The molecule has 0 spiro atoms. The van der Waals surface area contributed by atoms with E-state index >= 15 is 0 Å². The van der Waals surface area contributed by atoms with Gasteiger partial charge in [0.15, 0.2) is 34.5 Å². The number of nitrogens with two attached hydrogens (primary N) is 1. The molecule has 3 aromatic carbocycles. The maximum atomic E-state index is 12.9. The highest BCUT2D eigenvalue weighted by Gasteiger charge is 2.46. The van der Waals surface area contributed by atoms with E-state index in [-0.39, 0.29) is 60.3 Å². The summed E-state index contributed by atoms with van der Waals surface area (Å²) in [6.45, 7) is 9.55. The normalized spacial score (nSPS) is 24.0. The lowest BCUT2D eigenvalue weighted by Crippen LogP contribution is -2.46. The van der Waals surface area contributed by atoms with E-state index in [0.29, 0.717) is 46.2 Å². The molecule has 6 aliphatic heterocycles. The molecule has 86 heavy (non-hydrogen) atoms. The third kappa shape index (κ3) is 14.4. The quantitative estimate of drug-likeness (QED) is 0.0679. The van der Waals surface area contributed by atoms with Crippen LogP contribution in [0.25, 0.3) is 0 Å². The van der Waals surface area contributed by atoms with Gasteiger partial charge >= 0.3 is 18.5 Å². The molecule has 3 N–H and O–H groups in total. The molecule has 3 aromatic heterocycles. The van der Waals surface area contributed by atoms with E-state index in [9.17, 15) is 44.6 Å². The van der Waals surface area contributed by atoms with E-state index in [0.717, 1.165) is 136 Å². The average molecular weight is 1210 g/mol. The second-order valence-corrected chi connectivity index (χ2v) is 23.3. The van der Waals surface area contributed by atoms with Crippen LogP contribution in [-0.2, 0) is 18.5 Å². The smallest absolute Gasteiger partial charge is 0.417 e. The Labute approximate surface area is 493 Å². The van der Waals surface area contributed by atoms with Crippen molar-refractivity contribution in [1.82, 2.24) is 15.0 Å². The topological polar surface area (TPSA) is 153 Å². The van der Waals surface area contributed by atoms with Gasteiger partial charge in [-0.1, -0.05) is 23.4 Å². The molecule has 6 saturated heterocycles. The maximum Gasteiger partial charge on any atom is 0.417 e. The summed E-state index contributed by atoms with van der Waals surface area (Å²) in [6.07, 6.45) is 0.0409. The van der Waals surface area contributed by atoms with E-state index in [2.05, 4.69) is 34.8 Å². The minimum absolute atomic E-state index is 0.0000393. The molecule has 6 aromatic rings. The van der Waals surface area contributed by atoms with Crippen LogP contribution in [0.4, 0.5) is 57.0 Å². The number of hydrogen-bond donors (Lipinski definition) is 2. The third-order valence-electron chi connectivity index (χ3n) is 16.7. The number of aromatic nitrogens is 3. The van der Waals surface area contributed by atoms with Gasteiger partial charge in [-0.15, -0.1) is 0 Å². The van der Waals surface area contributed by atoms with E-state index < -0.39 is 35.2 Å². The molecule has 6 aliphatic rings. The number of pyridine rings is 3. The molecule has 6 bridgehead atoms. The summed E-state index contributed by atoms with van der Waals surface area (Å²) in [6, 6.07) is 25.6. The second-order valence-electron chi connectivity index (χ2n) is 23.3. The maximum absolute atomic E-state index is 12.9. The first-order chi connectivity index (χ1) is 40.9. The number of hydrogen-bond acceptors (Lipinski definition) is 14. The molecular weight excluding hydrogens is 1140 g/mol. The summed E-state index contributed by atoms with van der Waals surface area (Å²) in [5.41, 5.74) is 1.66. The Morgan fingerprint density at radius 3 is 1.07 bits per heavy atom. The number of ether oxygens (including phenoxy) is 3. The SMILES string of the molecule is CC(C)=NOc1cc(C)ccc1OC1C[C@H]2CC[C@@H](C1)N2c1ccc(C(F)(F)F)cn1.Cc1ccc(OC2C[C@H]3CC[C@@H](C2)N3c2ccc(C(F)(F)F)cn2)c(O)c1.Cc1ccc(OC2C[C@H]3CC[C@@H](C2)N3c2ccc(C(F)(F)F)cn2)c(ON)c1. The van der Waals surface area contributed by atoms with Crippen LogP contribution in [0.1, 0.15) is 124 Å². The largest absolute Gasteiger partial charge is 0.504 e. The van der Waals surface area contributed by atoms with Crippen molar-refractivity contribution in [2.24, 2.45) is 11.1 Å². The minimum Gasteiger partial charge on any atom is -0.504 e. The van der Waals surface area contributed by atoms with Gasteiger partial charge in [0, 0.05) is 93.4 Å². The lowest BCUT2D eigenvalue weighted by Gasteiger charge is -2.39. The van der Waals surface area contributed by atoms with Crippen molar-refractivity contribution in [3.63, 3.8) is 0 Å². The van der Waals surface area contributed by atoms with Crippen molar-refractivity contribution in [3.05, 3.63) is 143 Å². The van der Waals surface area contributed by atoms with E-state index in [1.54, 1.807) is 12.1 Å². The van der Waals surface area contributed by atoms with Gasteiger partial charge in [0.1, 0.15) is 35.8 Å². The fraction of sp³-hybridized carbons (Fsp3) is 0.460. The van der Waals surface area contributed by atoms with Gasteiger partial charge in [0.2, 0.25) is 0 Å². The Morgan fingerprint density at radius 1 is 0.453 bits per heavy atom. The highest BCUT2D eigenvalue weighted by Crippen LogP contribution is 2.45. The van der Waals surface area contributed by atoms with Crippen molar-refractivity contribution < 1.29 is 68.5 Å². The highest BCUT2D eigenvalue weighted by molar-refractivity contribution is 5.78. The van der Waals surface area contributed by atoms with Gasteiger partial charge in [-0.25, -0.2) is 15.0 Å². The molecule has 23 heteroatoms. The lowest BCUT2D eigenvalue weighted by atomic mass is 9.99. The highest BCUT2D eigenvalue weighted by atomic mass is 19.4. The summed E-state index contributed by atoms with van der Waals surface area (Å²) in [7, 11) is 0. The van der Waals surface area contributed by atoms with Crippen LogP contribution in [0.5, 0.6) is 34.5 Å². The molecule has 460 valence electrons. The van der Waals surface area contributed by atoms with Gasteiger partial charge in [0.25, 0.3) is 0 Å².